The second kappa shape index (κ2) is 7.58. The first-order chi connectivity index (χ1) is 12.0. The van der Waals surface area contributed by atoms with Crippen molar-refractivity contribution in [2.75, 3.05) is 5.75 Å². The lowest BCUT2D eigenvalue weighted by Gasteiger charge is -2.03. The number of nitrogens with zero attached hydrogens (tertiary/aromatic N) is 2. The van der Waals surface area contributed by atoms with Crippen LogP contribution in [-0.2, 0) is 6.54 Å². The van der Waals surface area contributed by atoms with Crippen LogP contribution in [0.15, 0.2) is 46.3 Å². The molecule has 3 aromatic rings. The lowest BCUT2D eigenvalue weighted by atomic mass is 10.1. The number of fused-ring (bicyclic) bond motifs is 1. The van der Waals surface area contributed by atoms with Gasteiger partial charge in [-0.2, -0.15) is 4.99 Å². The van der Waals surface area contributed by atoms with E-state index in [1.54, 1.807) is 23.1 Å². The molecule has 0 N–H and O–H groups in total. The molecule has 130 valence electrons. The summed E-state index contributed by atoms with van der Waals surface area (Å²) in [5.41, 5.74) is 4.32. The van der Waals surface area contributed by atoms with E-state index in [2.05, 4.69) is 49.4 Å². The minimum atomic E-state index is -0.180. The fraction of sp³-hybridized carbons (Fsp3) is 0.300. The number of hydrogen-bond donors (Lipinski definition) is 0. The molecular weight excluding hydrogens is 348 g/mol. The van der Waals surface area contributed by atoms with Crippen molar-refractivity contribution < 1.29 is 4.79 Å². The van der Waals surface area contributed by atoms with E-state index in [1.165, 1.54) is 15.8 Å². The van der Waals surface area contributed by atoms with E-state index in [0.717, 1.165) is 27.5 Å². The third kappa shape index (κ3) is 3.72. The number of amides is 1. The summed E-state index contributed by atoms with van der Waals surface area (Å²) in [7, 11) is 0. The van der Waals surface area contributed by atoms with Crippen LogP contribution in [0.2, 0.25) is 0 Å². The Morgan fingerprint density at radius 3 is 2.64 bits per heavy atom. The zero-order valence-corrected chi connectivity index (χ0v) is 16.6. The largest absolute Gasteiger partial charge is 0.317 e. The zero-order chi connectivity index (χ0) is 18.0. The topological polar surface area (TPSA) is 34.4 Å². The predicted molar refractivity (Wildman–Crippen MR) is 108 cm³/mol. The van der Waals surface area contributed by atoms with Crippen LogP contribution in [0.25, 0.3) is 10.2 Å². The van der Waals surface area contributed by atoms with Gasteiger partial charge >= 0.3 is 0 Å². The Morgan fingerprint density at radius 2 is 1.92 bits per heavy atom. The Bertz CT molecular complexity index is 999. The fourth-order valence-corrected chi connectivity index (χ4v) is 4.64. The average Bonchev–Trinajstić information content (AvgIpc) is 2.91. The van der Waals surface area contributed by atoms with Crippen molar-refractivity contribution in [3.05, 3.63) is 57.9 Å². The Morgan fingerprint density at radius 1 is 1.16 bits per heavy atom. The normalized spacial score (nSPS) is 12.1. The van der Waals surface area contributed by atoms with Gasteiger partial charge in [0, 0.05) is 17.0 Å². The number of hydrogen-bond acceptors (Lipinski definition) is 3. The maximum absolute atomic E-state index is 12.7. The lowest BCUT2D eigenvalue weighted by Crippen LogP contribution is -2.16. The van der Waals surface area contributed by atoms with Gasteiger partial charge in [-0.1, -0.05) is 24.3 Å². The van der Waals surface area contributed by atoms with Crippen molar-refractivity contribution in [2.24, 2.45) is 4.99 Å². The molecule has 3 nitrogen and oxygen atoms in total. The van der Waals surface area contributed by atoms with Gasteiger partial charge in [-0.3, -0.25) is 4.79 Å². The number of rotatable bonds is 4. The van der Waals surface area contributed by atoms with E-state index < -0.39 is 0 Å². The summed E-state index contributed by atoms with van der Waals surface area (Å²) in [6.45, 7) is 9.22. The maximum Gasteiger partial charge on any atom is 0.279 e. The molecule has 25 heavy (non-hydrogen) atoms. The summed E-state index contributed by atoms with van der Waals surface area (Å²) < 4.78 is 3.29. The second-order valence-corrected chi connectivity index (χ2v) is 8.26. The van der Waals surface area contributed by atoms with Crippen molar-refractivity contribution in [1.82, 2.24) is 4.57 Å². The molecule has 0 aliphatic heterocycles. The molecule has 0 saturated heterocycles. The Hall–Kier alpha value is -1.85. The standard InChI is InChI=1S/C20H22N2OS2/c1-5-22-17-10-13(3)14(4)11-18(17)25-20(22)21-19(23)15-8-7-9-16(12-15)24-6-2/h7-12H,5-6H2,1-4H3. The van der Waals surface area contributed by atoms with Crippen molar-refractivity contribution in [3.8, 4) is 0 Å². The van der Waals surface area contributed by atoms with Crippen LogP contribution in [0.1, 0.15) is 35.3 Å². The number of aromatic nitrogens is 1. The van der Waals surface area contributed by atoms with E-state index in [1.807, 2.05) is 24.3 Å². The van der Waals surface area contributed by atoms with Crippen LogP contribution in [0, 0.1) is 13.8 Å². The molecular formula is C20H22N2OS2. The molecule has 0 bridgehead atoms. The van der Waals surface area contributed by atoms with Crippen LogP contribution in [0.3, 0.4) is 0 Å². The number of thiazole rings is 1. The molecule has 1 amide bonds. The molecule has 1 aromatic heterocycles. The van der Waals surface area contributed by atoms with Crippen molar-refractivity contribution in [2.45, 2.75) is 39.1 Å². The Kier molecular flexibility index (Phi) is 5.45. The van der Waals surface area contributed by atoms with Crippen LogP contribution in [0.4, 0.5) is 0 Å². The van der Waals surface area contributed by atoms with Crippen LogP contribution in [0.5, 0.6) is 0 Å². The van der Waals surface area contributed by atoms with Crippen LogP contribution in [-0.4, -0.2) is 16.2 Å². The second-order valence-electron chi connectivity index (χ2n) is 5.91. The summed E-state index contributed by atoms with van der Waals surface area (Å²) in [5, 5.41) is 0. The number of carbonyl (C=O) groups is 1. The Balaban J connectivity index is 2.08. The van der Waals surface area contributed by atoms with Gasteiger partial charge in [0.1, 0.15) is 0 Å². The molecule has 0 spiro atoms. The van der Waals surface area contributed by atoms with Gasteiger partial charge in [0.25, 0.3) is 5.91 Å². The highest BCUT2D eigenvalue weighted by atomic mass is 32.2. The highest BCUT2D eigenvalue weighted by Crippen LogP contribution is 2.22. The molecule has 0 unspecified atom stereocenters. The SMILES string of the molecule is CCSc1cccc(C(=O)N=c2sc3cc(C)c(C)cc3n2CC)c1. The fourth-order valence-electron chi connectivity index (χ4n) is 2.75. The number of thioether (sulfide) groups is 1. The summed E-state index contributed by atoms with van der Waals surface area (Å²) in [6.07, 6.45) is 0. The van der Waals surface area contributed by atoms with Crippen molar-refractivity contribution in [3.63, 3.8) is 0 Å². The Labute approximate surface area is 156 Å². The molecule has 0 atom stereocenters. The minimum Gasteiger partial charge on any atom is -0.317 e. The smallest absolute Gasteiger partial charge is 0.279 e. The maximum atomic E-state index is 12.7. The van der Waals surface area contributed by atoms with Crippen molar-refractivity contribution in [1.29, 1.82) is 0 Å². The number of benzene rings is 2. The monoisotopic (exact) mass is 370 g/mol. The van der Waals surface area contributed by atoms with Gasteiger partial charge in [0.05, 0.1) is 10.2 Å². The van der Waals surface area contributed by atoms with Gasteiger partial charge < -0.3 is 4.57 Å². The number of aryl methyl sites for hydroxylation is 3. The first-order valence-corrected chi connectivity index (χ1v) is 10.3. The van der Waals surface area contributed by atoms with E-state index in [4.69, 9.17) is 0 Å². The molecule has 0 saturated carbocycles. The highest BCUT2D eigenvalue weighted by molar-refractivity contribution is 7.99. The summed E-state index contributed by atoms with van der Waals surface area (Å²) in [4.78, 5) is 19.0. The van der Waals surface area contributed by atoms with E-state index in [9.17, 15) is 4.79 Å². The van der Waals surface area contributed by atoms with E-state index >= 15 is 0 Å². The average molecular weight is 371 g/mol. The van der Waals surface area contributed by atoms with Crippen LogP contribution < -0.4 is 4.80 Å². The van der Waals surface area contributed by atoms with Crippen LogP contribution >= 0.6 is 23.1 Å². The van der Waals surface area contributed by atoms with Crippen molar-refractivity contribution >= 4 is 39.2 Å². The highest BCUT2D eigenvalue weighted by Gasteiger charge is 2.10. The molecule has 5 heteroatoms. The summed E-state index contributed by atoms with van der Waals surface area (Å²) in [5.74, 6) is 0.806. The van der Waals surface area contributed by atoms with Gasteiger partial charge in [-0.25, -0.2) is 0 Å². The number of carbonyl (C=O) groups excluding carboxylic acids is 1. The molecule has 0 aliphatic rings. The molecule has 0 radical (unpaired) electrons. The third-order valence-electron chi connectivity index (χ3n) is 4.20. The zero-order valence-electron chi connectivity index (χ0n) is 15.0. The molecule has 1 heterocycles. The minimum absolute atomic E-state index is 0.180. The first kappa shape index (κ1) is 18.0. The molecule has 0 fully saturated rings. The predicted octanol–water partition coefficient (Wildman–Crippen LogP) is 5.19. The molecule has 3 rings (SSSR count). The third-order valence-corrected chi connectivity index (χ3v) is 6.12. The molecule has 0 aliphatic carbocycles. The van der Waals surface area contributed by atoms with Gasteiger partial charge in [-0.05, 0) is 68.0 Å². The summed E-state index contributed by atoms with van der Waals surface area (Å²) >= 11 is 3.31. The lowest BCUT2D eigenvalue weighted by molar-refractivity contribution is 0.0997. The molecule has 2 aromatic carbocycles. The quantitative estimate of drug-likeness (QED) is 0.592. The van der Waals surface area contributed by atoms with Gasteiger partial charge in [-0.15, -0.1) is 11.8 Å². The van der Waals surface area contributed by atoms with E-state index in [-0.39, 0.29) is 5.91 Å². The van der Waals surface area contributed by atoms with Gasteiger partial charge in [0.2, 0.25) is 0 Å². The van der Waals surface area contributed by atoms with Gasteiger partial charge in [0.15, 0.2) is 4.80 Å². The van der Waals surface area contributed by atoms with E-state index in [0.29, 0.717) is 5.56 Å². The first-order valence-electron chi connectivity index (χ1n) is 8.46. The summed E-state index contributed by atoms with van der Waals surface area (Å²) in [6, 6.07) is 12.1.